The van der Waals surface area contributed by atoms with Gasteiger partial charge in [-0.3, -0.25) is 29.5 Å². The van der Waals surface area contributed by atoms with Gasteiger partial charge in [-0.1, -0.05) is 98.4 Å². The Hall–Kier alpha value is -4.05. The second-order valence-corrected chi connectivity index (χ2v) is 13.9. The van der Waals surface area contributed by atoms with Gasteiger partial charge in [0.15, 0.2) is 0 Å². The molecule has 1 N–H and O–H groups in total. The number of rotatable bonds is 21. The number of amides is 1. The van der Waals surface area contributed by atoms with E-state index in [1.807, 2.05) is 84.6 Å². The van der Waals surface area contributed by atoms with Gasteiger partial charge in [0, 0.05) is 49.7 Å². The van der Waals surface area contributed by atoms with Gasteiger partial charge in [0.2, 0.25) is 11.1 Å². The Labute approximate surface area is 344 Å². The number of unbranched alkanes of at least 4 members (excludes halogenated alkanes) is 2. The summed E-state index contributed by atoms with van der Waals surface area (Å²) in [6, 6.07) is 23.5. The smallest absolute Gasteiger partial charge is 0.226 e. The van der Waals surface area contributed by atoms with E-state index in [9.17, 15) is 9.59 Å². The Morgan fingerprint density at radius 2 is 0.946 bits per heavy atom. The largest absolute Gasteiger partial charge is 0.331 e. The topological polar surface area (TPSA) is 104 Å². The lowest BCUT2D eigenvalue weighted by molar-refractivity contribution is -0.137. The summed E-state index contributed by atoms with van der Waals surface area (Å²) in [5.74, 6) is 0.390. The number of nitrogens with zero attached hydrogens (tertiary/aromatic N) is 6. The van der Waals surface area contributed by atoms with Crippen LogP contribution in [0.25, 0.3) is 0 Å². The Morgan fingerprint density at radius 3 is 1.23 bits per heavy atom. The third kappa shape index (κ3) is 23.1. The van der Waals surface area contributed by atoms with E-state index >= 15 is 0 Å². The molecule has 56 heavy (non-hydrogen) atoms. The van der Waals surface area contributed by atoms with Crippen molar-refractivity contribution in [2.75, 3.05) is 19.6 Å². The molecule has 0 saturated heterocycles. The molecule has 4 aromatic rings. The molecular formula is C46H70ClN7O2. The molecule has 308 valence electrons. The molecule has 4 rings (SSSR count). The van der Waals surface area contributed by atoms with E-state index in [0.717, 1.165) is 87.2 Å². The minimum atomic E-state index is -0.170. The van der Waals surface area contributed by atoms with Crippen LogP contribution in [0.1, 0.15) is 123 Å². The molecule has 0 bridgehead atoms. The Balaban J connectivity index is 0.000000417. The highest BCUT2D eigenvalue weighted by atomic mass is 35.5. The normalized spacial score (nSPS) is 11.4. The number of hydrogen-bond donors (Lipinski definition) is 1. The molecule has 0 aliphatic carbocycles. The van der Waals surface area contributed by atoms with E-state index < -0.39 is 0 Å². The Kier molecular flexibility index (Phi) is 29.6. The maximum absolute atomic E-state index is 13.1. The zero-order chi connectivity index (χ0) is 41.2. The molecule has 0 radical (unpaired) electrons. The monoisotopic (exact) mass is 788 g/mol. The summed E-state index contributed by atoms with van der Waals surface area (Å²) in [5, 5.41) is 3.12. The van der Waals surface area contributed by atoms with Gasteiger partial charge in [-0.15, -0.1) is 0 Å². The first-order valence-electron chi connectivity index (χ1n) is 20.8. The van der Waals surface area contributed by atoms with Crippen LogP contribution in [0.3, 0.4) is 0 Å². The van der Waals surface area contributed by atoms with Gasteiger partial charge < -0.3 is 15.1 Å². The highest BCUT2D eigenvalue weighted by Crippen LogP contribution is 2.19. The Bertz CT molecular complexity index is 1410. The van der Waals surface area contributed by atoms with E-state index in [2.05, 4.69) is 71.7 Å². The first-order chi connectivity index (χ1) is 27.3. The molecule has 10 heteroatoms. The molecule has 1 amide bonds. The Morgan fingerprint density at radius 1 is 0.571 bits per heavy atom. The minimum Gasteiger partial charge on any atom is -0.331 e. The number of carbonyl (C=O) groups excluding carboxylic acids is 2. The number of halogens is 1. The van der Waals surface area contributed by atoms with Crippen molar-refractivity contribution in [2.24, 2.45) is 11.8 Å². The molecule has 0 spiro atoms. The van der Waals surface area contributed by atoms with Crippen LogP contribution >= 0.6 is 11.6 Å². The molecule has 0 aliphatic rings. The number of hydrogen-bond acceptors (Lipinski definition) is 8. The summed E-state index contributed by atoms with van der Waals surface area (Å²) < 4.78 is 0. The summed E-state index contributed by atoms with van der Waals surface area (Å²) in [7, 11) is 0. The number of carbonyl (C=O) groups is 2. The zero-order valence-corrected chi connectivity index (χ0v) is 36.1. The molecule has 4 heterocycles. The van der Waals surface area contributed by atoms with Crippen molar-refractivity contribution < 1.29 is 9.59 Å². The van der Waals surface area contributed by atoms with Crippen molar-refractivity contribution in [3.05, 3.63) is 120 Å². The molecule has 2 unspecified atom stereocenters. The molecule has 0 aliphatic heterocycles. The molecule has 2 atom stereocenters. The van der Waals surface area contributed by atoms with Gasteiger partial charge in [-0.2, -0.15) is 0 Å². The lowest BCUT2D eigenvalue weighted by Crippen LogP contribution is -2.35. The SMILES string of the molecule is CCCCC(CC)C(=O)Cl.CCCCC(CC)C(=O)N(Cc1ccccn1)Cc1ccccn1.CCN(CC)CC.c1ccc(CNCc2ccccn2)nc1. The summed E-state index contributed by atoms with van der Waals surface area (Å²) in [4.78, 5) is 45.2. The van der Waals surface area contributed by atoms with Gasteiger partial charge in [-0.25, -0.2) is 0 Å². The first kappa shape index (κ1) is 50.0. The lowest BCUT2D eigenvalue weighted by atomic mass is 9.97. The summed E-state index contributed by atoms with van der Waals surface area (Å²) >= 11 is 5.34. The maximum atomic E-state index is 13.1. The van der Waals surface area contributed by atoms with Gasteiger partial charge in [0.1, 0.15) is 0 Å². The average molecular weight is 789 g/mol. The van der Waals surface area contributed by atoms with Crippen molar-refractivity contribution in [3.8, 4) is 0 Å². The van der Waals surface area contributed by atoms with Crippen molar-refractivity contribution in [3.63, 3.8) is 0 Å². The van der Waals surface area contributed by atoms with Crippen LogP contribution in [-0.2, 0) is 35.8 Å². The molecule has 4 aromatic heterocycles. The summed E-state index contributed by atoms with van der Waals surface area (Å²) in [6.45, 7) is 21.1. The van der Waals surface area contributed by atoms with Gasteiger partial charge >= 0.3 is 0 Å². The van der Waals surface area contributed by atoms with Crippen LogP contribution in [0, 0.1) is 11.8 Å². The van der Waals surface area contributed by atoms with E-state index in [1.54, 1.807) is 24.8 Å². The van der Waals surface area contributed by atoms with Crippen LogP contribution in [0.15, 0.2) is 97.6 Å². The van der Waals surface area contributed by atoms with E-state index in [0.29, 0.717) is 13.1 Å². The van der Waals surface area contributed by atoms with E-state index in [1.165, 1.54) is 19.6 Å². The van der Waals surface area contributed by atoms with Gasteiger partial charge in [0.25, 0.3) is 0 Å². The highest BCUT2D eigenvalue weighted by Gasteiger charge is 2.23. The van der Waals surface area contributed by atoms with Crippen LogP contribution in [0.2, 0.25) is 0 Å². The fraction of sp³-hybridized carbons (Fsp3) is 0.522. The fourth-order valence-corrected chi connectivity index (χ4v) is 5.98. The predicted octanol–water partition coefficient (Wildman–Crippen LogP) is 10.3. The standard InChI is InChI=1S/C20H27N3O.C12H13N3.C8H15ClO.C6H15N/c1-3-5-10-17(4-2)20(24)23(15-18-11-6-8-13-21-18)16-19-12-7-9-14-22-19;1-3-7-14-11(5-1)9-13-10-12-6-2-4-8-15-12;1-3-5-6-7(4-2)8(9)10;1-4-7(5-2)6-3/h6-9,11-14,17H,3-5,10,15-16H2,1-2H3;1-8,13H,9-10H2;7H,3-6H2,1-2H3;4-6H2,1-3H3. The van der Waals surface area contributed by atoms with Crippen molar-refractivity contribution >= 4 is 22.8 Å². The maximum Gasteiger partial charge on any atom is 0.226 e. The molecule has 0 fully saturated rings. The minimum absolute atomic E-state index is 0.0809. The lowest BCUT2D eigenvalue weighted by Gasteiger charge is -2.26. The second kappa shape index (κ2) is 33.1. The zero-order valence-electron chi connectivity index (χ0n) is 35.4. The third-order valence-corrected chi connectivity index (χ3v) is 9.65. The number of nitrogens with one attached hydrogen (secondary N) is 1. The first-order valence-corrected chi connectivity index (χ1v) is 21.1. The second-order valence-electron chi connectivity index (χ2n) is 13.5. The predicted molar refractivity (Wildman–Crippen MR) is 233 cm³/mol. The van der Waals surface area contributed by atoms with Crippen molar-refractivity contribution in [1.29, 1.82) is 0 Å². The average Bonchev–Trinajstić information content (AvgIpc) is 3.24. The van der Waals surface area contributed by atoms with Gasteiger partial charge in [0.05, 0.1) is 35.9 Å². The molecular weight excluding hydrogens is 718 g/mol. The highest BCUT2D eigenvalue weighted by molar-refractivity contribution is 6.63. The fourth-order valence-electron chi connectivity index (χ4n) is 5.72. The third-order valence-electron chi connectivity index (χ3n) is 9.34. The molecule has 0 aromatic carbocycles. The number of aromatic nitrogens is 4. The van der Waals surface area contributed by atoms with Crippen LogP contribution in [0.4, 0.5) is 0 Å². The summed E-state index contributed by atoms with van der Waals surface area (Å²) in [5.41, 5.74) is 3.92. The van der Waals surface area contributed by atoms with Crippen molar-refractivity contribution in [1.82, 2.24) is 35.1 Å². The van der Waals surface area contributed by atoms with E-state index in [-0.39, 0.29) is 23.0 Å². The van der Waals surface area contributed by atoms with E-state index in [4.69, 9.17) is 11.6 Å². The van der Waals surface area contributed by atoms with Crippen LogP contribution in [-0.4, -0.2) is 60.5 Å². The quantitative estimate of drug-likeness (QED) is 0.0833. The number of pyridine rings is 4. The van der Waals surface area contributed by atoms with Crippen molar-refractivity contribution in [2.45, 2.75) is 126 Å². The molecule has 0 saturated carbocycles. The van der Waals surface area contributed by atoms with Crippen LogP contribution < -0.4 is 5.32 Å². The summed E-state index contributed by atoms with van der Waals surface area (Å²) in [6.07, 6.45) is 15.3. The van der Waals surface area contributed by atoms with Crippen LogP contribution in [0.5, 0.6) is 0 Å². The van der Waals surface area contributed by atoms with Gasteiger partial charge in [-0.05, 0) is 105 Å². The molecule has 9 nitrogen and oxygen atoms in total.